The molecule has 0 aliphatic carbocycles. The third-order valence-corrected chi connectivity index (χ3v) is 4.04. The molecule has 1 aromatic heterocycles. The second kappa shape index (κ2) is 5.90. The molecule has 0 aliphatic heterocycles. The van der Waals surface area contributed by atoms with Crippen LogP contribution in [-0.4, -0.2) is 35.1 Å². The van der Waals surface area contributed by atoms with E-state index in [4.69, 9.17) is 0 Å². The fourth-order valence-electron chi connectivity index (χ4n) is 2.73. The molecule has 4 N–H and O–H groups in total. The van der Waals surface area contributed by atoms with Crippen LogP contribution >= 0.6 is 0 Å². The van der Waals surface area contributed by atoms with Crippen LogP contribution < -0.4 is 26.7 Å². The van der Waals surface area contributed by atoms with Gasteiger partial charge in [0, 0.05) is 25.9 Å². The van der Waals surface area contributed by atoms with Crippen molar-refractivity contribution in [2.75, 3.05) is 14.1 Å². The number of nitrogens with one attached hydrogen (secondary N) is 3. The maximum Gasteiger partial charge on any atom is 0.253 e. The quantitative estimate of drug-likeness (QED) is 0.466. The Balaban J connectivity index is 2.64. The summed E-state index contributed by atoms with van der Waals surface area (Å²) in [7, 11) is 3.11. The zero-order chi connectivity index (χ0) is 18.3. The predicted octanol–water partition coefficient (Wildman–Crippen LogP) is -0.514. The standard InChI is InChI=1S/C17H16N4O4/c1-7-15(23)9(6-18-2)12-14(16(7)24)21-11-8(17(25)19-3)4-5-10(22)13(11)20-12/h4-6,18,21,23H,1-3H3,(H,19,25). The Labute approximate surface area is 141 Å². The van der Waals surface area contributed by atoms with E-state index in [1.54, 1.807) is 7.05 Å². The molecule has 3 aromatic rings. The number of aromatic amines is 1. The first-order valence-corrected chi connectivity index (χ1v) is 7.52. The summed E-state index contributed by atoms with van der Waals surface area (Å²) in [6, 6.07) is 2.62. The number of aromatic nitrogens is 2. The van der Waals surface area contributed by atoms with Crippen molar-refractivity contribution in [1.82, 2.24) is 20.6 Å². The third kappa shape index (κ3) is 2.38. The summed E-state index contributed by atoms with van der Waals surface area (Å²) >= 11 is 0. The minimum atomic E-state index is -0.450. The summed E-state index contributed by atoms with van der Waals surface area (Å²) in [5.41, 5.74) is -0.0416. The van der Waals surface area contributed by atoms with Crippen LogP contribution in [0.15, 0.2) is 21.7 Å². The highest BCUT2D eigenvalue weighted by Gasteiger charge is 2.17. The smallest absolute Gasteiger partial charge is 0.253 e. The van der Waals surface area contributed by atoms with E-state index in [1.807, 2.05) is 0 Å². The number of H-pyrrole nitrogens is 1. The summed E-state index contributed by atoms with van der Waals surface area (Å²) in [5, 5.41) is 15.8. The Bertz CT molecular complexity index is 1200. The van der Waals surface area contributed by atoms with Gasteiger partial charge < -0.3 is 20.7 Å². The van der Waals surface area contributed by atoms with Gasteiger partial charge in [-0.2, -0.15) is 0 Å². The van der Waals surface area contributed by atoms with Gasteiger partial charge >= 0.3 is 0 Å². The molecule has 0 unspecified atom stereocenters. The molecule has 1 heterocycles. The van der Waals surface area contributed by atoms with Crippen LogP contribution in [-0.2, 0) is 0 Å². The van der Waals surface area contributed by atoms with E-state index < -0.39 is 16.8 Å². The van der Waals surface area contributed by atoms with E-state index in [-0.39, 0.29) is 44.2 Å². The normalized spacial score (nSPS) is 11.9. The molecule has 0 aliphatic rings. The molecule has 0 spiro atoms. The van der Waals surface area contributed by atoms with Gasteiger partial charge in [0.15, 0.2) is 0 Å². The zero-order valence-electron chi connectivity index (χ0n) is 13.9. The molecule has 0 saturated heterocycles. The van der Waals surface area contributed by atoms with Gasteiger partial charge in [0.25, 0.3) is 5.91 Å². The average molecular weight is 340 g/mol. The molecule has 0 saturated carbocycles. The molecule has 1 amide bonds. The van der Waals surface area contributed by atoms with Crippen molar-refractivity contribution in [3.63, 3.8) is 0 Å². The summed E-state index contributed by atoms with van der Waals surface area (Å²) in [6.45, 7) is 1.49. The third-order valence-electron chi connectivity index (χ3n) is 4.04. The second-order valence-corrected chi connectivity index (χ2v) is 5.52. The number of fused-ring (bicyclic) bond motifs is 2. The zero-order valence-corrected chi connectivity index (χ0v) is 13.9. The SMILES string of the molecule is CNC=c1c(O)c(C)c(=O)c2[nH]c3c(C(=O)NC)ccc(=O)c3nc12. The lowest BCUT2D eigenvalue weighted by Crippen LogP contribution is -2.23. The molecule has 0 bridgehead atoms. The Morgan fingerprint density at radius 1 is 1.20 bits per heavy atom. The molecule has 0 radical (unpaired) electrons. The fourth-order valence-corrected chi connectivity index (χ4v) is 2.73. The average Bonchev–Trinajstić information content (AvgIpc) is 2.62. The molecule has 0 atom stereocenters. The number of hydrogen-bond acceptors (Lipinski definition) is 6. The van der Waals surface area contributed by atoms with Crippen LogP contribution in [0.4, 0.5) is 0 Å². The van der Waals surface area contributed by atoms with Crippen molar-refractivity contribution in [3.05, 3.63) is 48.9 Å². The molecule has 8 nitrogen and oxygen atoms in total. The van der Waals surface area contributed by atoms with E-state index in [2.05, 4.69) is 20.6 Å². The summed E-state index contributed by atoms with van der Waals surface area (Å²) in [6.07, 6.45) is 1.49. The molecule has 3 rings (SSSR count). The molecule has 2 aromatic carbocycles. The minimum absolute atomic E-state index is 0.0157. The van der Waals surface area contributed by atoms with Crippen LogP contribution in [0, 0.1) is 6.92 Å². The number of phenols is 1. The Hall–Kier alpha value is -3.42. The van der Waals surface area contributed by atoms with Gasteiger partial charge in [0.1, 0.15) is 22.3 Å². The summed E-state index contributed by atoms with van der Waals surface area (Å²) < 4.78 is 0. The topological polar surface area (TPSA) is 124 Å². The van der Waals surface area contributed by atoms with Crippen LogP contribution in [0.25, 0.3) is 28.3 Å². The largest absolute Gasteiger partial charge is 0.507 e. The Morgan fingerprint density at radius 3 is 2.56 bits per heavy atom. The Kier molecular flexibility index (Phi) is 3.88. The number of hydrogen-bond donors (Lipinski definition) is 4. The predicted molar refractivity (Wildman–Crippen MR) is 94.7 cm³/mol. The van der Waals surface area contributed by atoms with Crippen molar-refractivity contribution < 1.29 is 9.90 Å². The van der Waals surface area contributed by atoms with Crippen molar-refractivity contribution in [3.8, 4) is 5.75 Å². The summed E-state index contributed by atoms with van der Waals surface area (Å²) in [5.74, 6) is -0.616. The number of aromatic hydroxyl groups is 1. The van der Waals surface area contributed by atoms with Crippen LogP contribution in [0.1, 0.15) is 15.9 Å². The highest BCUT2D eigenvalue weighted by atomic mass is 16.3. The molecule has 8 heteroatoms. The van der Waals surface area contributed by atoms with Gasteiger partial charge in [-0.1, -0.05) is 0 Å². The van der Waals surface area contributed by atoms with E-state index in [0.29, 0.717) is 0 Å². The minimum Gasteiger partial charge on any atom is -0.507 e. The maximum absolute atomic E-state index is 12.5. The van der Waals surface area contributed by atoms with Gasteiger partial charge in [-0.25, -0.2) is 4.98 Å². The lowest BCUT2D eigenvalue weighted by Gasteiger charge is -2.09. The molecule has 128 valence electrons. The van der Waals surface area contributed by atoms with Crippen LogP contribution in [0.3, 0.4) is 0 Å². The molecule has 25 heavy (non-hydrogen) atoms. The van der Waals surface area contributed by atoms with Gasteiger partial charge in [0.05, 0.1) is 16.3 Å². The molecular weight excluding hydrogens is 324 g/mol. The van der Waals surface area contributed by atoms with Gasteiger partial charge in [-0.05, 0) is 19.1 Å². The van der Waals surface area contributed by atoms with E-state index in [9.17, 15) is 19.5 Å². The van der Waals surface area contributed by atoms with Crippen LogP contribution in [0.5, 0.6) is 5.75 Å². The highest BCUT2D eigenvalue weighted by molar-refractivity contribution is 6.06. The first-order valence-electron chi connectivity index (χ1n) is 7.52. The van der Waals surface area contributed by atoms with Crippen molar-refractivity contribution >= 4 is 34.2 Å². The number of nitrogens with zero attached hydrogens (tertiary/aromatic N) is 1. The molecule has 0 fully saturated rings. The monoisotopic (exact) mass is 340 g/mol. The number of carbonyl (C=O) groups is 1. The van der Waals surface area contributed by atoms with Crippen LogP contribution in [0.2, 0.25) is 0 Å². The molecular formula is C17H16N4O4. The lowest BCUT2D eigenvalue weighted by atomic mass is 10.1. The first-order chi connectivity index (χ1) is 11.9. The van der Waals surface area contributed by atoms with E-state index in [1.165, 1.54) is 32.3 Å². The Morgan fingerprint density at radius 2 is 1.92 bits per heavy atom. The van der Waals surface area contributed by atoms with Gasteiger partial charge in [0.2, 0.25) is 10.9 Å². The lowest BCUT2D eigenvalue weighted by molar-refractivity contribution is 0.0964. The van der Waals surface area contributed by atoms with Gasteiger partial charge in [-0.3, -0.25) is 14.4 Å². The van der Waals surface area contributed by atoms with Crippen molar-refractivity contribution in [2.45, 2.75) is 6.92 Å². The number of phenolic OH excluding ortho intramolecular Hbond substituents is 1. The van der Waals surface area contributed by atoms with E-state index >= 15 is 0 Å². The number of rotatable bonds is 2. The number of carbonyl (C=O) groups excluding carboxylic acids is 1. The highest BCUT2D eigenvalue weighted by Crippen LogP contribution is 2.17. The number of amides is 1. The second-order valence-electron chi connectivity index (χ2n) is 5.52. The van der Waals surface area contributed by atoms with Gasteiger partial charge in [-0.15, -0.1) is 0 Å². The van der Waals surface area contributed by atoms with Crippen molar-refractivity contribution in [1.29, 1.82) is 0 Å². The first kappa shape index (κ1) is 16.4. The van der Waals surface area contributed by atoms with Crippen molar-refractivity contribution in [2.24, 2.45) is 0 Å². The maximum atomic E-state index is 12.5. The number of benzene rings is 2. The fraction of sp³-hybridized carbons (Fsp3) is 0.176. The summed E-state index contributed by atoms with van der Waals surface area (Å²) in [4.78, 5) is 44.0. The van der Waals surface area contributed by atoms with E-state index in [0.717, 1.165) is 0 Å².